The monoisotopic (exact) mass is 290 g/mol. The fourth-order valence-electron chi connectivity index (χ4n) is 3.02. The van der Waals surface area contributed by atoms with E-state index in [1.54, 1.807) is 4.90 Å². The Bertz CT molecular complexity index is 518. The molecule has 1 aliphatic heterocycles. The minimum Gasteiger partial charge on any atom is -0.481 e. The Labute approximate surface area is 124 Å². The molecule has 1 saturated heterocycles. The number of hydrogen-bond acceptors (Lipinski definition) is 3. The summed E-state index contributed by atoms with van der Waals surface area (Å²) in [6.45, 7) is 2.69. The molecular formula is C16H22N2O3. The van der Waals surface area contributed by atoms with Gasteiger partial charge in [-0.25, -0.2) is 0 Å². The number of carboxylic acid groups (broad SMARTS) is 1. The van der Waals surface area contributed by atoms with E-state index >= 15 is 0 Å². The lowest BCUT2D eigenvalue weighted by atomic mass is 9.83. The summed E-state index contributed by atoms with van der Waals surface area (Å²) in [5.41, 5.74) is 5.97. The molecule has 0 aliphatic carbocycles. The highest BCUT2D eigenvalue weighted by atomic mass is 16.4. The quantitative estimate of drug-likeness (QED) is 0.866. The number of nitrogens with zero attached hydrogens (tertiary/aromatic N) is 1. The molecule has 5 heteroatoms. The van der Waals surface area contributed by atoms with Gasteiger partial charge in [-0.3, -0.25) is 9.59 Å². The van der Waals surface area contributed by atoms with Crippen molar-refractivity contribution in [2.75, 3.05) is 13.1 Å². The zero-order valence-electron chi connectivity index (χ0n) is 12.3. The standard InChI is InChI=1S/C16H22N2O3/c1-2-8-16(15(20)21)9-10-18(11-16)14(19)13(17)12-6-4-3-5-7-12/h3-7,13H,2,8-11,17H2,1H3,(H,20,21). The molecule has 1 heterocycles. The normalized spacial score (nSPS) is 23.0. The minimum atomic E-state index is -0.812. The molecule has 21 heavy (non-hydrogen) atoms. The molecule has 1 aromatic rings. The number of aliphatic carboxylic acids is 1. The third-order valence-corrected chi connectivity index (χ3v) is 4.27. The maximum Gasteiger partial charge on any atom is 0.311 e. The molecule has 1 amide bonds. The van der Waals surface area contributed by atoms with Crippen molar-refractivity contribution in [3.05, 3.63) is 35.9 Å². The highest BCUT2D eigenvalue weighted by molar-refractivity contribution is 5.85. The highest BCUT2D eigenvalue weighted by Gasteiger charge is 2.46. The summed E-state index contributed by atoms with van der Waals surface area (Å²) in [5.74, 6) is -1.01. The van der Waals surface area contributed by atoms with E-state index in [-0.39, 0.29) is 12.5 Å². The molecule has 0 bridgehead atoms. The van der Waals surface area contributed by atoms with Crippen LogP contribution < -0.4 is 5.73 Å². The average Bonchev–Trinajstić information content (AvgIpc) is 2.93. The van der Waals surface area contributed by atoms with Crippen LogP contribution in [0.5, 0.6) is 0 Å². The number of benzene rings is 1. The van der Waals surface area contributed by atoms with Crippen LogP contribution in [-0.4, -0.2) is 35.0 Å². The van der Waals surface area contributed by atoms with Gasteiger partial charge in [0.25, 0.3) is 0 Å². The van der Waals surface area contributed by atoms with Crippen molar-refractivity contribution >= 4 is 11.9 Å². The summed E-state index contributed by atoms with van der Waals surface area (Å²) < 4.78 is 0. The first-order chi connectivity index (χ1) is 10.00. The van der Waals surface area contributed by atoms with Crippen LogP contribution in [0.2, 0.25) is 0 Å². The number of hydrogen-bond donors (Lipinski definition) is 2. The molecular weight excluding hydrogens is 268 g/mol. The van der Waals surface area contributed by atoms with Crippen molar-refractivity contribution in [3.63, 3.8) is 0 Å². The summed E-state index contributed by atoms with van der Waals surface area (Å²) in [4.78, 5) is 25.6. The van der Waals surface area contributed by atoms with E-state index in [1.807, 2.05) is 37.3 Å². The van der Waals surface area contributed by atoms with E-state index in [9.17, 15) is 14.7 Å². The van der Waals surface area contributed by atoms with E-state index in [1.165, 1.54) is 0 Å². The predicted octanol–water partition coefficient (Wildman–Crippen LogP) is 1.79. The largest absolute Gasteiger partial charge is 0.481 e. The maximum absolute atomic E-state index is 12.5. The Balaban J connectivity index is 2.10. The first kappa shape index (κ1) is 15.5. The lowest BCUT2D eigenvalue weighted by molar-refractivity contribution is -0.149. The van der Waals surface area contributed by atoms with Crippen molar-refractivity contribution in [2.45, 2.75) is 32.2 Å². The van der Waals surface area contributed by atoms with Gasteiger partial charge < -0.3 is 15.7 Å². The molecule has 2 atom stereocenters. The highest BCUT2D eigenvalue weighted by Crippen LogP contribution is 2.36. The molecule has 2 unspecified atom stereocenters. The fourth-order valence-corrected chi connectivity index (χ4v) is 3.02. The number of carbonyl (C=O) groups excluding carboxylic acids is 1. The Morgan fingerprint density at radius 3 is 2.62 bits per heavy atom. The average molecular weight is 290 g/mol. The van der Waals surface area contributed by atoms with Crippen LogP contribution in [0.3, 0.4) is 0 Å². The Morgan fingerprint density at radius 1 is 1.38 bits per heavy atom. The summed E-state index contributed by atoms with van der Waals surface area (Å²) in [5, 5.41) is 9.48. The molecule has 1 aliphatic rings. The molecule has 1 fully saturated rings. The minimum absolute atomic E-state index is 0.194. The van der Waals surface area contributed by atoms with Gasteiger partial charge in [0, 0.05) is 13.1 Å². The van der Waals surface area contributed by atoms with Crippen molar-refractivity contribution in [2.24, 2.45) is 11.1 Å². The molecule has 0 aromatic heterocycles. The number of nitrogens with two attached hydrogens (primary N) is 1. The van der Waals surface area contributed by atoms with Gasteiger partial charge in [0.05, 0.1) is 5.41 Å². The fraction of sp³-hybridized carbons (Fsp3) is 0.500. The van der Waals surface area contributed by atoms with Crippen LogP contribution in [0, 0.1) is 5.41 Å². The maximum atomic E-state index is 12.5. The summed E-state index contributed by atoms with van der Waals surface area (Å²) >= 11 is 0. The van der Waals surface area contributed by atoms with E-state index in [4.69, 9.17) is 5.73 Å². The number of rotatable bonds is 5. The van der Waals surface area contributed by atoms with Crippen molar-refractivity contribution in [1.29, 1.82) is 0 Å². The number of amides is 1. The van der Waals surface area contributed by atoms with Crippen molar-refractivity contribution < 1.29 is 14.7 Å². The topological polar surface area (TPSA) is 83.6 Å². The number of likely N-dealkylation sites (tertiary alicyclic amines) is 1. The second-order valence-corrected chi connectivity index (χ2v) is 5.73. The molecule has 0 saturated carbocycles. The molecule has 114 valence electrons. The Kier molecular flexibility index (Phi) is 4.63. The Morgan fingerprint density at radius 2 is 2.05 bits per heavy atom. The van der Waals surface area contributed by atoms with Gasteiger partial charge in [-0.05, 0) is 18.4 Å². The van der Waals surface area contributed by atoms with Crippen LogP contribution >= 0.6 is 0 Å². The molecule has 3 N–H and O–H groups in total. The van der Waals surface area contributed by atoms with Crippen LogP contribution in [-0.2, 0) is 9.59 Å². The van der Waals surface area contributed by atoms with Crippen LogP contribution in [0.25, 0.3) is 0 Å². The van der Waals surface area contributed by atoms with Gasteiger partial charge in [-0.15, -0.1) is 0 Å². The van der Waals surface area contributed by atoms with E-state index in [0.717, 1.165) is 12.0 Å². The van der Waals surface area contributed by atoms with E-state index in [0.29, 0.717) is 19.4 Å². The van der Waals surface area contributed by atoms with Gasteiger partial charge in [-0.1, -0.05) is 43.7 Å². The van der Waals surface area contributed by atoms with Crippen LogP contribution in [0.1, 0.15) is 37.8 Å². The van der Waals surface area contributed by atoms with Crippen molar-refractivity contribution in [3.8, 4) is 0 Å². The molecule has 0 spiro atoms. The predicted molar refractivity (Wildman–Crippen MR) is 79.5 cm³/mol. The second kappa shape index (κ2) is 6.26. The van der Waals surface area contributed by atoms with Crippen LogP contribution in [0.4, 0.5) is 0 Å². The van der Waals surface area contributed by atoms with Crippen molar-refractivity contribution in [1.82, 2.24) is 4.90 Å². The lowest BCUT2D eigenvalue weighted by Crippen LogP contribution is -2.40. The van der Waals surface area contributed by atoms with Gasteiger partial charge >= 0.3 is 5.97 Å². The number of carboxylic acids is 1. The zero-order chi connectivity index (χ0) is 15.5. The molecule has 1 aromatic carbocycles. The van der Waals surface area contributed by atoms with Gasteiger partial charge in [0.1, 0.15) is 6.04 Å². The zero-order valence-corrected chi connectivity index (χ0v) is 12.3. The lowest BCUT2D eigenvalue weighted by Gasteiger charge is -2.25. The number of carbonyl (C=O) groups is 2. The van der Waals surface area contributed by atoms with Gasteiger partial charge in [0.15, 0.2) is 0 Å². The van der Waals surface area contributed by atoms with Gasteiger partial charge in [-0.2, -0.15) is 0 Å². The van der Waals surface area contributed by atoms with Crippen LogP contribution in [0.15, 0.2) is 30.3 Å². The Hall–Kier alpha value is -1.88. The molecule has 0 radical (unpaired) electrons. The third-order valence-electron chi connectivity index (χ3n) is 4.27. The van der Waals surface area contributed by atoms with E-state index in [2.05, 4.69) is 0 Å². The molecule has 2 rings (SSSR count). The summed E-state index contributed by atoms with van der Waals surface area (Å²) in [6, 6.07) is 8.45. The first-order valence-electron chi connectivity index (χ1n) is 7.33. The summed E-state index contributed by atoms with van der Waals surface area (Å²) in [7, 11) is 0. The first-order valence-corrected chi connectivity index (χ1v) is 7.33. The third kappa shape index (κ3) is 3.08. The van der Waals surface area contributed by atoms with E-state index < -0.39 is 17.4 Å². The summed E-state index contributed by atoms with van der Waals surface area (Å²) in [6.07, 6.45) is 1.88. The molecule has 5 nitrogen and oxygen atoms in total. The second-order valence-electron chi connectivity index (χ2n) is 5.73. The SMILES string of the molecule is CCCC1(C(=O)O)CCN(C(=O)C(N)c2ccccc2)C1. The smallest absolute Gasteiger partial charge is 0.311 e. The van der Waals surface area contributed by atoms with Gasteiger partial charge in [0.2, 0.25) is 5.91 Å².